The molecule has 1 N–H and O–H groups in total. The van der Waals surface area contributed by atoms with Crippen LogP contribution < -0.4 is 164 Å². The number of carbonyl (C=O) groups is 1. The topological polar surface area (TPSA) is 313 Å². The molecule has 0 fully saturated rings. The molecule has 4 aromatic rings. The van der Waals surface area contributed by atoms with Gasteiger partial charge in [-0.25, -0.2) is 33.7 Å². The number of fused-ring (bicyclic) bond motifs is 6. The van der Waals surface area contributed by atoms with Crippen LogP contribution in [0.4, 0.5) is 11.4 Å². The number of rotatable bonds is 17. The summed E-state index contributed by atoms with van der Waals surface area (Å²) in [6, 6.07) is 9.33. The Morgan fingerprint density at radius 3 is 1.80 bits per heavy atom. The second-order valence-electron chi connectivity index (χ2n) is 16.9. The first-order valence-electron chi connectivity index (χ1n) is 20.4. The third-order valence-corrected chi connectivity index (χ3v) is 15.3. The van der Waals surface area contributed by atoms with Gasteiger partial charge in [0.05, 0.1) is 25.0 Å². The average Bonchev–Trinajstić information content (AvgIpc) is 3.55. The van der Waals surface area contributed by atoms with E-state index in [1.807, 2.05) is 43.2 Å². The number of nitrogens with one attached hydrogen (secondary N) is 1. The van der Waals surface area contributed by atoms with E-state index in [0.29, 0.717) is 84.8 Å². The molecule has 4 aromatic carbocycles. The number of nitrogens with zero attached hydrogens (tertiary/aromatic N) is 5. The Kier molecular flexibility index (Phi) is 22.2. The van der Waals surface area contributed by atoms with Gasteiger partial charge in [-0.1, -0.05) is 49.7 Å². The van der Waals surface area contributed by atoms with Gasteiger partial charge in [-0.3, -0.25) is 4.79 Å². The summed E-state index contributed by atoms with van der Waals surface area (Å²) in [6.45, 7) is 8.32. The Morgan fingerprint density at radius 2 is 1.26 bits per heavy atom. The van der Waals surface area contributed by atoms with Gasteiger partial charge in [0.1, 0.15) is 47.5 Å². The van der Waals surface area contributed by atoms with E-state index in [1.165, 1.54) is 12.1 Å². The summed E-state index contributed by atoms with van der Waals surface area (Å²) >= 11 is 0. The van der Waals surface area contributed by atoms with Crippen LogP contribution in [0, 0.1) is 0 Å². The molecule has 0 aromatic heterocycles. The largest absolute Gasteiger partial charge is 1.00 e. The standard InChI is InChI=1S/C43H48N6O13S4.3K/c1-42(2)37(48(5)33-18-16-29-31(40(33)42)23-27(63(51,52)53)25-35(29)65(57,58)59)13-8-6-9-14-38-43(3,4)41-32-24-28(64(54,55)56)26-36(66(60,61)62)30(32)17-19-34(41)49(38)22-11-7-10-15-39(50)45-20-12-21-46-47-44;;;/h6,8-9,13-14,16-19,23-26H,7,10-12,15,20-22H2,1-5H3,(H4-,45,50,51,52,53,54,55,56,57,58,59,60,61,62);;;/q;3*+1/p-3. The number of benzene rings is 4. The molecule has 0 saturated heterocycles. The maximum atomic E-state index is 12.4. The molecule has 0 saturated carbocycles. The van der Waals surface area contributed by atoms with Crippen LogP contribution in [-0.2, 0) is 56.1 Å². The van der Waals surface area contributed by atoms with Crippen molar-refractivity contribution in [2.24, 2.45) is 5.11 Å². The van der Waals surface area contributed by atoms with Crippen LogP contribution >= 0.6 is 0 Å². The second kappa shape index (κ2) is 24.4. The Bertz CT molecular complexity index is 3350. The molecule has 0 spiro atoms. The van der Waals surface area contributed by atoms with Gasteiger partial charge >= 0.3 is 154 Å². The van der Waals surface area contributed by atoms with Gasteiger partial charge in [-0.05, 0) is 103 Å². The molecule has 69 heavy (non-hydrogen) atoms. The first-order chi connectivity index (χ1) is 30.6. The maximum Gasteiger partial charge on any atom is 1.00 e. The van der Waals surface area contributed by atoms with Crippen LogP contribution in [0.25, 0.3) is 32.0 Å². The number of allylic oxidation sites excluding steroid dienone is 6. The molecule has 19 nitrogen and oxygen atoms in total. The van der Waals surface area contributed by atoms with E-state index in [0.717, 1.165) is 12.1 Å². The van der Waals surface area contributed by atoms with Crippen molar-refractivity contribution in [3.8, 4) is 0 Å². The molecule has 0 bridgehead atoms. The SMILES string of the molecule is C[N+]1=C(/C=C/C=C/C=C2/N(CCCCCC(=O)NCCCN=[N+]=[N-])c3ccc4c(S(=O)(=O)[O-])cc(S(=O)(=O)[O-])cc4c3C2(C)C)C(C)(C)c2c1ccc1c(S(=O)(=O)[O-])cc(S(=O)(=O)[O-])cc21.[K+].[K+].[K+]. The zero-order chi connectivity index (χ0) is 48.8. The van der Waals surface area contributed by atoms with E-state index in [4.69, 9.17) is 5.53 Å². The molecule has 0 radical (unpaired) electrons. The molecule has 0 atom stereocenters. The van der Waals surface area contributed by atoms with Gasteiger partial charge in [0.2, 0.25) is 11.6 Å². The monoisotopic (exact) mass is 1100 g/mol. The van der Waals surface area contributed by atoms with Crippen molar-refractivity contribution < 1.29 is 215 Å². The van der Waals surface area contributed by atoms with E-state index in [9.17, 15) is 56.7 Å². The summed E-state index contributed by atoms with van der Waals surface area (Å²) in [6.07, 6.45) is 11.3. The van der Waals surface area contributed by atoms with Crippen LogP contribution in [0.5, 0.6) is 0 Å². The van der Waals surface area contributed by atoms with Gasteiger partial charge in [-0.15, -0.1) is 0 Å². The van der Waals surface area contributed by atoms with Crippen molar-refractivity contribution >= 4 is 85.0 Å². The average molecular weight is 1100 g/mol. The normalized spacial score (nSPS) is 16.0. The van der Waals surface area contributed by atoms with Gasteiger partial charge in [0.25, 0.3) is 0 Å². The second-order valence-corrected chi connectivity index (χ2v) is 22.3. The number of amides is 1. The maximum absolute atomic E-state index is 12.4. The van der Waals surface area contributed by atoms with Gasteiger partial charge in [-0.2, -0.15) is 4.58 Å². The minimum Gasteiger partial charge on any atom is -0.744 e. The summed E-state index contributed by atoms with van der Waals surface area (Å²) in [4.78, 5) is 13.6. The van der Waals surface area contributed by atoms with Crippen molar-refractivity contribution in [2.45, 2.75) is 90.2 Å². The molecule has 2 heterocycles. The predicted octanol–water partition coefficient (Wildman–Crippen LogP) is -3.20. The number of hydrogen-bond acceptors (Lipinski definition) is 15. The molecule has 0 unspecified atom stereocenters. The fraction of sp³-hybridized carbons (Fsp3) is 0.349. The Balaban J connectivity index is 0.00000420. The summed E-state index contributed by atoms with van der Waals surface area (Å²) in [5.74, 6) is -0.155. The minimum atomic E-state index is -5.25. The summed E-state index contributed by atoms with van der Waals surface area (Å²) < 4.78 is 149. The van der Waals surface area contributed by atoms with Crippen molar-refractivity contribution in [2.75, 3.05) is 31.6 Å². The van der Waals surface area contributed by atoms with E-state index in [1.54, 1.807) is 43.5 Å². The molecular weight excluding hydrogens is 1050 g/mol. The minimum absolute atomic E-state index is 0. The summed E-state index contributed by atoms with van der Waals surface area (Å²) in [5, 5.41) is 6.33. The van der Waals surface area contributed by atoms with Crippen LogP contribution in [-0.4, -0.2) is 94.8 Å². The van der Waals surface area contributed by atoms with Crippen LogP contribution in [0.3, 0.4) is 0 Å². The Hall–Kier alpha value is -0.581. The van der Waals surface area contributed by atoms with Crippen molar-refractivity contribution in [1.82, 2.24) is 5.32 Å². The zero-order valence-corrected chi connectivity index (χ0v) is 52.0. The number of anilines is 1. The van der Waals surface area contributed by atoms with Gasteiger partial charge in [0.15, 0.2) is 5.71 Å². The summed E-state index contributed by atoms with van der Waals surface area (Å²) in [5.41, 5.74) is 9.99. The number of azide groups is 1. The summed E-state index contributed by atoms with van der Waals surface area (Å²) in [7, 11) is -19.1. The van der Waals surface area contributed by atoms with Gasteiger partial charge in [0, 0.05) is 70.9 Å². The fourth-order valence-electron chi connectivity index (χ4n) is 8.98. The molecule has 6 rings (SSSR count). The van der Waals surface area contributed by atoms with Crippen LogP contribution in [0.2, 0.25) is 0 Å². The molecule has 0 aliphatic carbocycles. The molecule has 2 aliphatic rings. The van der Waals surface area contributed by atoms with Crippen LogP contribution in [0.15, 0.2) is 109 Å². The number of unbranched alkanes of at least 4 members (excludes halogenated alkanes) is 2. The molecule has 352 valence electrons. The zero-order valence-electron chi connectivity index (χ0n) is 39.3. The first-order valence-corrected chi connectivity index (χ1v) is 26.0. The van der Waals surface area contributed by atoms with Crippen molar-refractivity contribution in [3.05, 3.63) is 106 Å². The molecule has 1 amide bonds. The van der Waals surface area contributed by atoms with E-state index in [2.05, 4.69) is 15.3 Å². The quantitative estimate of drug-likeness (QED) is 0.0159. The third kappa shape index (κ3) is 13.8. The smallest absolute Gasteiger partial charge is 0.744 e. The van der Waals surface area contributed by atoms with Gasteiger partial charge < -0.3 is 28.4 Å². The van der Waals surface area contributed by atoms with Crippen LogP contribution in [0.1, 0.15) is 70.9 Å². The molecular formula is C43H45K3N6O13S4. The first kappa shape index (κ1) is 62.7. The van der Waals surface area contributed by atoms with E-state index < -0.39 is 70.9 Å². The van der Waals surface area contributed by atoms with Crippen molar-refractivity contribution in [3.63, 3.8) is 0 Å². The predicted molar refractivity (Wildman–Crippen MR) is 240 cm³/mol. The van der Waals surface area contributed by atoms with E-state index >= 15 is 0 Å². The number of carbonyl (C=O) groups excluding carboxylic acids is 1. The number of hydrogen-bond donors (Lipinski definition) is 1. The van der Waals surface area contributed by atoms with Crippen molar-refractivity contribution in [1.29, 1.82) is 0 Å². The molecule has 2 aliphatic heterocycles. The molecule has 26 heteroatoms. The Morgan fingerprint density at radius 1 is 0.710 bits per heavy atom. The van der Waals surface area contributed by atoms with E-state index in [-0.39, 0.29) is 195 Å². The third-order valence-electron chi connectivity index (χ3n) is 11.9. The Labute approximate surface area is 529 Å². The fourth-order valence-corrected chi connectivity index (χ4v) is 11.6.